The monoisotopic (exact) mass is 861 g/mol. The molecule has 2 aromatic heterocycles. The summed E-state index contributed by atoms with van der Waals surface area (Å²) in [6.45, 7) is 11.8. The van der Waals surface area contributed by atoms with E-state index in [9.17, 15) is 24.3 Å². The molecule has 0 bridgehead atoms. The Labute approximate surface area is 372 Å². The second-order valence-corrected chi connectivity index (χ2v) is 19.7. The van der Waals surface area contributed by atoms with Crippen molar-refractivity contribution in [3.63, 3.8) is 0 Å². The van der Waals surface area contributed by atoms with E-state index in [1.807, 2.05) is 44.7 Å². The molecule has 0 atom stereocenters. The molecule has 2 aromatic carbocycles. The lowest BCUT2D eigenvalue weighted by Gasteiger charge is -2.33. The van der Waals surface area contributed by atoms with Crippen molar-refractivity contribution in [3.8, 4) is 0 Å². The molecule has 63 heavy (non-hydrogen) atoms. The van der Waals surface area contributed by atoms with Crippen molar-refractivity contribution < 1.29 is 29.0 Å². The lowest BCUT2D eigenvalue weighted by Crippen LogP contribution is -2.38. The summed E-state index contributed by atoms with van der Waals surface area (Å²) in [6, 6.07) is 13.3. The average molecular weight is 861 g/mol. The Morgan fingerprint density at radius 3 is 1.40 bits per heavy atom. The third kappa shape index (κ3) is 9.04. The van der Waals surface area contributed by atoms with Gasteiger partial charge in [0.25, 0.3) is 11.8 Å². The second-order valence-electron chi connectivity index (χ2n) is 19.7. The Kier molecular flexibility index (Phi) is 13.0. The van der Waals surface area contributed by atoms with Crippen LogP contribution in [-0.2, 0) is 53.3 Å². The Balaban J connectivity index is 0.000000160. The first-order valence-corrected chi connectivity index (χ1v) is 24.2. The Hall–Kier alpha value is -4.68. The lowest BCUT2D eigenvalue weighted by molar-refractivity contribution is -0.141. The van der Waals surface area contributed by atoms with Crippen LogP contribution in [0, 0.1) is 11.8 Å². The fourth-order valence-electron chi connectivity index (χ4n) is 11.8. The van der Waals surface area contributed by atoms with Gasteiger partial charge in [0, 0.05) is 122 Å². The predicted molar refractivity (Wildman–Crippen MR) is 245 cm³/mol. The number of ether oxygens (including phenoxy) is 1. The summed E-state index contributed by atoms with van der Waals surface area (Å²) in [5.74, 6) is 0.576. The molecule has 2 amide bonds. The molecule has 4 aliphatic heterocycles. The van der Waals surface area contributed by atoms with Gasteiger partial charge in [-0.15, -0.1) is 0 Å². The van der Waals surface area contributed by atoms with E-state index in [0.717, 1.165) is 130 Å². The van der Waals surface area contributed by atoms with Crippen LogP contribution in [0.2, 0.25) is 0 Å². The van der Waals surface area contributed by atoms with Gasteiger partial charge in [0.1, 0.15) is 13.1 Å². The Morgan fingerprint density at radius 1 is 0.587 bits per heavy atom. The molecule has 12 nitrogen and oxygen atoms in total. The maximum atomic E-state index is 13.3. The van der Waals surface area contributed by atoms with Crippen LogP contribution in [0.15, 0.2) is 36.4 Å². The fourth-order valence-corrected chi connectivity index (χ4v) is 11.8. The minimum atomic E-state index is -0.819. The number of amides is 2. The van der Waals surface area contributed by atoms with Gasteiger partial charge in [-0.25, -0.2) is 0 Å². The average Bonchev–Trinajstić information content (AvgIpc) is 4.14. The summed E-state index contributed by atoms with van der Waals surface area (Å²) in [6.07, 6.45) is 16.5. The van der Waals surface area contributed by atoms with Gasteiger partial charge in [-0.05, 0) is 111 Å². The smallest absolute Gasteiger partial charge is 0.325 e. The molecule has 6 aliphatic rings. The van der Waals surface area contributed by atoms with E-state index < -0.39 is 5.97 Å². The summed E-state index contributed by atoms with van der Waals surface area (Å²) >= 11 is 0. The normalized spacial score (nSPS) is 20.8. The molecule has 4 aromatic rings. The number of hydrogen-bond acceptors (Lipinski definition) is 7. The SMILES string of the molecule is CC1CCN(C(=O)c2ccc3c(c2)c2c(n3CC(=O)O)CCN(C3CCCC3)C2)CC1.COC(=O)Cn1c2c(c3cc(C(=O)N4CCC(C)CC4)ccc31)CN(C1CCCC1)CC2. The van der Waals surface area contributed by atoms with Gasteiger partial charge >= 0.3 is 11.9 Å². The largest absolute Gasteiger partial charge is 0.480 e. The van der Waals surface area contributed by atoms with Crippen molar-refractivity contribution >= 4 is 45.6 Å². The van der Waals surface area contributed by atoms with Gasteiger partial charge in [0.15, 0.2) is 0 Å². The molecule has 0 spiro atoms. The van der Waals surface area contributed by atoms with Crippen LogP contribution in [0.5, 0.6) is 0 Å². The number of carboxylic acids is 1. The molecule has 1 N–H and O–H groups in total. The second kappa shape index (κ2) is 18.8. The van der Waals surface area contributed by atoms with Crippen molar-refractivity contribution in [1.29, 1.82) is 0 Å². The standard InChI is InChI=1S/C26H35N3O3.C25H33N3O3/c1-18-9-12-27(13-10-18)26(31)19-7-8-23-21(15-19)22-16-28(20-5-3-4-6-20)14-11-24(22)29(23)17-25(30)32-2;1-17-8-11-26(12-9-17)25(31)18-6-7-22-20(14-18)21-15-27(19-4-2-3-5-19)13-10-23(21)28(22)16-24(29)30/h7-8,15,18,20H,3-6,9-14,16-17H2,1-2H3;6-7,14,17,19H,2-5,8-13,15-16H2,1H3,(H,29,30). The molecule has 4 fully saturated rings. The van der Waals surface area contributed by atoms with Gasteiger partial charge in [-0.3, -0.25) is 29.0 Å². The van der Waals surface area contributed by atoms with Gasteiger partial charge in [-0.1, -0.05) is 39.5 Å². The minimum Gasteiger partial charge on any atom is -0.480 e. The van der Waals surface area contributed by atoms with Crippen LogP contribution in [0.1, 0.15) is 134 Å². The number of carbonyl (C=O) groups excluding carboxylic acids is 3. The number of benzene rings is 2. The molecule has 0 unspecified atom stereocenters. The number of methoxy groups -OCH3 is 1. The van der Waals surface area contributed by atoms with Crippen molar-refractivity contribution in [2.75, 3.05) is 46.4 Å². The zero-order valence-electron chi connectivity index (χ0n) is 37.9. The molecule has 2 aliphatic carbocycles. The summed E-state index contributed by atoms with van der Waals surface area (Å²) < 4.78 is 9.08. The highest BCUT2D eigenvalue weighted by molar-refractivity contribution is 6.00. The van der Waals surface area contributed by atoms with Gasteiger partial charge in [-0.2, -0.15) is 0 Å². The van der Waals surface area contributed by atoms with E-state index in [2.05, 4.69) is 34.3 Å². The van der Waals surface area contributed by atoms with E-state index in [-0.39, 0.29) is 30.9 Å². The van der Waals surface area contributed by atoms with E-state index in [1.165, 1.54) is 75.3 Å². The Bertz CT molecular complexity index is 2340. The number of carboxylic acid groups (broad SMARTS) is 1. The summed E-state index contributed by atoms with van der Waals surface area (Å²) in [7, 11) is 1.44. The van der Waals surface area contributed by atoms with E-state index in [1.54, 1.807) is 0 Å². The molecule has 12 heteroatoms. The quantitative estimate of drug-likeness (QED) is 0.178. The number of rotatable bonds is 8. The van der Waals surface area contributed by atoms with Crippen LogP contribution < -0.4 is 0 Å². The van der Waals surface area contributed by atoms with Crippen LogP contribution in [-0.4, -0.2) is 116 Å². The number of likely N-dealkylation sites (tertiary alicyclic amines) is 2. The number of piperidine rings is 2. The molecule has 2 saturated heterocycles. The number of aromatic nitrogens is 2. The number of nitrogens with zero attached hydrogens (tertiary/aromatic N) is 6. The van der Waals surface area contributed by atoms with Crippen LogP contribution in [0.3, 0.4) is 0 Å². The van der Waals surface area contributed by atoms with Crippen molar-refractivity contribution in [1.82, 2.24) is 28.7 Å². The highest BCUT2D eigenvalue weighted by Crippen LogP contribution is 2.37. The Morgan fingerprint density at radius 2 is 1.00 bits per heavy atom. The van der Waals surface area contributed by atoms with Crippen LogP contribution in [0.25, 0.3) is 21.8 Å². The van der Waals surface area contributed by atoms with E-state index in [0.29, 0.717) is 23.9 Å². The lowest BCUT2D eigenvalue weighted by atomic mass is 9.98. The third-order valence-corrected chi connectivity index (χ3v) is 15.7. The topological polar surface area (TPSA) is 121 Å². The number of hydrogen-bond donors (Lipinski definition) is 1. The molecule has 6 heterocycles. The molecule has 338 valence electrons. The summed E-state index contributed by atoms with van der Waals surface area (Å²) in [5, 5.41) is 11.7. The first-order chi connectivity index (χ1) is 30.6. The number of aliphatic carboxylic acids is 1. The zero-order chi connectivity index (χ0) is 43.8. The van der Waals surface area contributed by atoms with Gasteiger partial charge in [0.05, 0.1) is 7.11 Å². The molecule has 10 rings (SSSR count). The number of esters is 1. The first kappa shape index (κ1) is 43.6. The van der Waals surface area contributed by atoms with Gasteiger partial charge < -0.3 is 28.8 Å². The fraction of sp³-hybridized carbons (Fsp3) is 0.608. The van der Waals surface area contributed by atoms with Crippen molar-refractivity contribution in [2.45, 2.75) is 142 Å². The third-order valence-electron chi connectivity index (χ3n) is 15.7. The van der Waals surface area contributed by atoms with E-state index in [4.69, 9.17) is 4.74 Å². The zero-order valence-corrected chi connectivity index (χ0v) is 37.9. The van der Waals surface area contributed by atoms with Gasteiger partial charge in [0.2, 0.25) is 0 Å². The number of fused-ring (bicyclic) bond motifs is 6. The van der Waals surface area contributed by atoms with Crippen LogP contribution >= 0.6 is 0 Å². The van der Waals surface area contributed by atoms with Crippen LogP contribution in [0.4, 0.5) is 0 Å². The van der Waals surface area contributed by atoms with E-state index >= 15 is 0 Å². The maximum Gasteiger partial charge on any atom is 0.325 e. The molecule has 0 radical (unpaired) electrons. The number of carbonyl (C=O) groups is 4. The molecular formula is C51H68N6O6. The van der Waals surface area contributed by atoms with Crippen molar-refractivity contribution in [3.05, 3.63) is 70.0 Å². The van der Waals surface area contributed by atoms with Crippen molar-refractivity contribution in [2.24, 2.45) is 11.8 Å². The predicted octanol–water partition coefficient (Wildman–Crippen LogP) is 7.89. The maximum absolute atomic E-state index is 13.3. The molecular weight excluding hydrogens is 793 g/mol. The highest BCUT2D eigenvalue weighted by atomic mass is 16.5. The highest BCUT2D eigenvalue weighted by Gasteiger charge is 2.33. The minimum absolute atomic E-state index is 0.0213. The molecule has 2 saturated carbocycles. The summed E-state index contributed by atoms with van der Waals surface area (Å²) in [5.41, 5.74) is 8.39. The first-order valence-electron chi connectivity index (χ1n) is 24.2. The summed E-state index contributed by atoms with van der Waals surface area (Å²) in [4.78, 5) is 59.4.